The van der Waals surface area contributed by atoms with Crippen molar-refractivity contribution in [2.45, 2.75) is 26.3 Å². The molecular formula is C12H18N4O2S. The quantitative estimate of drug-likeness (QED) is 0.836. The molecule has 0 saturated carbocycles. The standard InChI is InChI=1S/C12H18N4O2S/c1-2-11-15-9(8-19-11)6-14-10(17)7-16-5-3-4-13-12(16)18/h8H,2-7H2,1H3,(H,13,18)(H,14,17). The number of nitrogens with zero attached hydrogens (tertiary/aromatic N) is 2. The molecule has 19 heavy (non-hydrogen) atoms. The van der Waals surface area contributed by atoms with Gasteiger partial charge in [-0.25, -0.2) is 9.78 Å². The lowest BCUT2D eigenvalue weighted by Gasteiger charge is -2.26. The first kappa shape index (κ1) is 13.8. The van der Waals surface area contributed by atoms with Gasteiger partial charge in [-0.05, 0) is 12.8 Å². The summed E-state index contributed by atoms with van der Waals surface area (Å²) in [5.41, 5.74) is 0.873. The fraction of sp³-hybridized carbons (Fsp3) is 0.583. The first-order chi connectivity index (χ1) is 9.19. The fourth-order valence-electron chi connectivity index (χ4n) is 1.84. The second kappa shape index (κ2) is 6.51. The van der Waals surface area contributed by atoms with Crippen molar-refractivity contribution in [1.82, 2.24) is 20.5 Å². The van der Waals surface area contributed by atoms with E-state index < -0.39 is 0 Å². The number of thiazole rings is 1. The molecule has 0 radical (unpaired) electrons. The highest BCUT2D eigenvalue weighted by molar-refractivity contribution is 7.09. The van der Waals surface area contributed by atoms with Crippen LogP contribution in [0.4, 0.5) is 4.79 Å². The minimum Gasteiger partial charge on any atom is -0.349 e. The Balaban J connectivity index is 1.76. The van der Waals surface area contributed by atoms with E-state index in [1.165, 1.54) is 4.90 Å². The molecule has 0 bridgehead atoms. The third kappa shape index (κ3) is 3.92. The molecule has 2 rings (SSSR count). The van der Waals surface area contributed by atoms with E-state index in [4.69, 9.17) is 0 Å². The molecule has 104 valence electrons. The second-order valence-corrected chi connectivity index (χ2v) is 5.31. The molecule has 6 nitrogen and oxygen atoms in total. The average Bonchev–Trinajstić information content (AvgIpc) is 2.87. The monoisotopic (exact) mass is 282 g/mol. The predicted octanol–water partition coefficient (Wildman–Crippen LogP) is 0.737. The van der Waals surface area contributed by atoms with Crippen molar-refractivity contribution in [3.63, 3.8) is 0 Å². The summed E-state index contributed by atoms with van der Waals surface area (Å²) in [6.07, 6.45) is 1.79. The van der Waals surface area contributed by atoms with Gasteiger partial charge in [-0.2, -0.15) is 0 Å². The van der Waals surface area contributed by atoms with E-state index in [0.29, 0.717) is 19.6 Å². The number of rotatable bonds is 5. The van der Waals surface area contributed by atoms with Crippen molar-refractivity contribution in [3.8, 4) is 0 Å². The molecule has 1 aromatic heterocycles. The van der Waals surface area contributed by atoms with Crippen LogP contribution < -0.4 is 10.6 Å². The SMILES string of the molecule is CCc1nc(CNC(=O)CN2CCCNC2=O)cs1. The Morgan fingerprint density at radius 1 is 1.63 bits per heavy atom. The molecule has 0 atom stereocenters. The van der Waals surface area contributed by atoms with Gasteiger partial charge in [-0.1, -0.05) is 6.92 Å². The maximum atomic E-state index is 11.7. The van der Waals surface area contributed by atoms with Crippen LogP contribution in [0.15, 0.2) is 5.38 Å². The number of amides is 3. The van der Waals surface area contributed by atoms with Crippen molar-refractivity contribution >= 4 is 23.3 Å². The zero-order chi connectivity index (χ0) is 13.7. The van der Waals surface area contributed by atoms with Gasteiger partial charge in [0.1, 0.15) is 6.54 Å². The second-order valence-electron chi connectivity index (χ2n) is 4.37. The average molecular weight is 282 g/mol. The Hall–Kier alpha value is -1.63. The van der Waals surface area contributed by atoms with Gasteiger partial charge in [0.15, 0.2) is 0 Å². The van der Waals surface area contributed by atoms with Gasteiger partial charge in [-0.15, -0.1) is 11.3 Å². The minimum atomic E-state index is -0.164. The number of aryl methyl sites for hydroxylation is 1. The molecule has 0 unspecified atom stereocenters. The van der Waals surface area contributed by atoms with Crippen LogP contribution in [-0.2, 0) is 17.8 Å². The van der Waals surface area contributed by atoms with Crippen LogP contribution in [0.2, 0.25) is 0 Å². The van der Waals surface area contributed by atoms with Gasteiger partial charge in [-0.3, -0.25) is 4.79 Å². The van der Waals surface area contributed by atoms with Crippen LogP contribution in [0.25, 0.3) is 0 Å². The van der Waals surface area contributed by atoms with E-state index in [1.54, 1.807) is 11.3 Å². The van der Waals surface area contributed by atoms with E-state index in [2.05, 4.69) is 22.5 Å². The Kier molecular flexibility index (Phi) is 4.73. The summed E-state index contributed by atoms with van der Waals surface area (Å²) in [6.45, 7) is 3.91. The number of carbonyl (C=O) groups is 2. The summed E-state index contributed by atoms with van der Waals surface area (Å²) < 4.78 is 0. The molecule has 2 N–H and O–H groups in total. The van der Waals surface area contributed by atoms with E-state index in [1.807, 2.05) is 5.38 Å². The molecular weight excluding hydrogens is 264 g/mol. The smallest absolute Gasteiger partial charge is 0.317 e. The number of carbonyl (C=O) groups excluding carboxylic acids is 2. The number of nitrogens with one attached hydrogen (secondary N) is 2. The maximum Gasteiger partial charge on any atom is 0.317 e. The third-order valence-electron chi connectivity index (χ3n) is 2.87. The number of urea groups is 1. The normalized spacial score (nSPS) is 15.2. The molecule has 1 aliphatic heterocycles. The van der Waals surface area contributed by atoms with Gasteiger partial charge < -0.3 is 15.5 Å². The van der Waals surface area contributed by atoms with Gasteiger partial charge >= 0.3 is 6.03 Å². The van der Waals surface area contributed by atoms with Crippen molar-refractivity contribution < 1.29 is 9.59 Å². The first-order valence-electron chi connectivity index (χ1n) is 6.41. The Bertz CT molecular complexity index is 460. The first-order valence-corrected chi connectivity index (χ1v) is 7.29. The zero-order valence-corrected chi connectivity index (χ0v) is 11.8. The van der Waals surface area contributed by atoms with Crippen molar-refractivity contribution in [2.24, 2.45) is 0 Å². The van der Waals surface area contributed by atoms with Gasteiger partial charge in [0.2, 0.25) is 5.91 Å². The van der Waals surface area contributed by atoms with Crippen LogP contribution in [0.5, 0.6) is 0 Å². The molecule has 1 fully saturated rings. The van der Waals surface area contributed by atoms with Crippen LogP contribution in [-0.4, -0.2) is 41.5 Å². The molecule has 1 saturated heterocycles. The lowest BCUT2D eigenvalue weighted by atomic mass is 10.3. The van der Waals surface area contributed by atoms with Crippen LogP contribution >= 0.6 is 11.3 Å². The summed E-state index contributed by atoms with van der Waals surface area (Å²) in [5, 5.41) is 8.53. The Morgan fingerprint density at radius 3 is 3.16 bits per heavy atom. The molecule has 1 aromatic rings. The lowest BCUT2D eigenvalue weighted by Crippen LogP contribution is -2.50. The number of hydrogen-bond donors (Lipinski definition) is 2. The third-order valence-corrected chi connectivity index (χ3v) is 3.91. The van der Waals surface area contributed by atoms with Crippen LogP contribution in [0.1, 0.15) is 24.0 Å². The zero-order valence-electron chi connectivity index (χ0n) is 10.9. The number of aromatic nitrogens is 1. The molecule has 1 aliphatic rings. The van der Waals surface area contributed by atoms with E-state index in [-0.39, 0.29) is 18.5 Å². The lowest BCUT2D eigenvalue weighted by molar-refractivity contribution is -0.122. The molecule has 2 heterocycles. The molecule has 0 spiro atoms. The van der Waals surface area contributed by atoms with E-state index in [0.717, 1.165) is 23.5 Å². The van der Waals surface area contributed by atoms with Crippen LogP contribution in [0, 0.1) is 0 Å². The van der Waals surface area contributed by atoms with Crippen molar-refractivity contribution in [2.75, 3.05) is 19.6 Å². The maximum absolute atomic E-state index is 11.7. The molecule has 7 heteroatoms. The molecule has 0 aliphatic carbocycles. The topological polar surface area (TPSA) is 74.3 Å². The Labute approximate surface area is 116 Å². The highest BCUT2D eigenvalue weighted by Crippen LogP contribution is 2.09. The van der Waals surface area contributed by atoms with Gasteiger partial charge in [0.05, 0.1) is 17.2 Å². The van der Waals surface area contributed by atoms with E-state index >= 15 is 0 Å². The van der Waals surface area contributed by atoms with Gasteiger partial charge in [0, 0.05) is 18.5 Å². The predicted molar refractivity (Wildman–Crippen MR) is 72.9 cm³/mol. The fourth-order valence-corrected chi connectivity index (χ4v) is 2.59. The van der Waals surface area contributed by atoms with Crippen LogP contribution in [0.3, 0.4) is 0 Å². The summed E-state index contributed by atoms with van der Waals surface area (Å²) >= 11 is 1.60. The van der Waals surface area contributed by atoms with E-state index in [9.17, 15) is 9.59 Å². The molecule has 0 aromatic carbocycles. The summed E-state index contributed by atoms with van der Waals surface area (Å²) in [5.74, 6) is -0.150. The van der Waals surface area contributed by atoms with Crippen molar-refractivity contribution in [1.29, 1.82) is 0 Å². The summed E-state index contributed by atoms with van der Waals surface area (Å²) in [4.78, 5) is 29.1. The summed E-state index contributed by atoms with van der Waals surface area (Å²) in [7, 11) is 0. The highest BCUT2D eigenvalue weighted by Gasteiger charge is 2.19. The summed E-state index contributed by atoms with van der Waals surface area (Å²) in [6, 6.07) is -0.164. The van der Waals surface area contributed by atoms with Crippen molar-refractivity contribution in [3.05, 3.63) is 16.1 Å². The Morgan fingerprint density at radius 2 is 2.47 bits per heavy atom. The largest absolute Gasteiger partial charge is 0.349 e. The molecule has 3 amide bonds. The number of hydrogen-bond acceptors (Lipinski definition) is 4. The highest BCUT2D eigenvalue weighted by atomic mass is 32.1. The minimum absolute atomic E-state index is 0.108. The van der Waals surface area contributed by atoms with Gasteiger partial charge in [0.25, 0.3) is 0 Å².